The van der Waals surface area contributed by atoms with Crippen molar-refractivity contribution in [3.8, 4) is 17.2 Å². The Morgan fingerprint density at radius 1 is 0.421 bits per heavy atom. The lowest BCUT2D eigenvalue weighted by Crippen LogP contribution is -3.61. The molecule has 95 heavy (non-hydrogen) atoms. The van der Waals surface area contributed by atoms with Crippen molar-refractivity contribution >= 4 is 108 Å². The number of benzene rings is 9. The number of nitrogens with zero attached hydrogens (tertiary/aromatic N) is 3. The molecule has 0 atom stereocenters. The summed E-state index contributed by atoms with van der Waals surface area (Å²) in [6.07, 6.45) is 0. The maximum absolute atomic E-state index is 12.5. The van der Waals surface area contributed by atoms with Gasteiger partial charge in [0, 0.05) is 16.7 Å². The maximum Gasteiger partial charge on any atom is 0.485 e. The summed E-state index contributed by atoms with van der Waals surface area (Å²) in [5.41, 5.74) is -1.21. The molecule has 19 nitrogen and oxygen atoms in total. The number of ether oxygens (including phenoxy) is 3. The van der Waals surface area contributed by atoms with Crippen LogP contribution in [-0.4, -0.2) is 72.5 Å². The van der Waals surface area contributed by atoms with Gasteiger partial charge in [0.2, 0.25) is 0 Å². The van der Waals surface area contributed by atoms with E-state index in [0.29, 0.717) is 32.1 Å². The van der Waals surface area contributed by atoms with Crippen LogP contribution in [0.5, 0.6) is 17.2 Å². The highest BCUT2D eigenvalue weighted by Crippen LogP contribution is 2.32. The number of amides is 3. The Bertz CT molecular complexity index is 4180. The molecule has 0 radical (unpaired) electrons. The number of methoxy groups -OCH3 is 3. The van der Waals surface area contributed by atoms with Gasteiger partial charge in [0.1, 0.15) is 17.2 Å². The van der Waals surface area contributed by atoms with Crippen LogP contribution in [-0.2, 0) is 10.1 Å². The minimum Gasteiger partial charge on any atom is -1.00 e. The lowest BCUT2D eigenvalue weighted by molar-refractivity contribution is -2.00. The first-order chi connectivity index (χ1) is 44.9. The summed E-state index contributed by atoms with van der Waals surface area (Å²) in [5.74, 6) is 1.89. The molecule has 3 amide bonds. The highest BCUT2D eigenvalue weighted by Gasteiger charge is 2.37. The van der Waals surface area contributed by atoms with Crippen molar-refractivity contribution < 1.29 is 164 Å². The van der Waals surface area contributed by atoms with E-state index < -0.39 is 25.9 Å². The van der Waals surface area contributed by atoms with Gasteiger partial charge >= 0.3 is 69.1 Å². The highest BCUT2D eigenvalue weighted by atomic mass is 127. The number of rotatable bonds is 15. The number of anilines is 3. The molecule has 9 aromatic carbocycles. The number of hydrogen-bond acceptors (Lipinski definition) is 19. The van der Waals surface area contributed by atoms with Crippen molar-refractivity contribution in [3.05, 3.63) is 257 Å². The van der Waals surface area contributed by atoms with Crippen molar-refractivity contribution in [3.63, 3.8) is 0 Å². The third-order valence-corrected chi connectivity index (χ3v) is 23.3. The van der Waals surface area contributed by atoms with Crippen LogP contribution in [0.1, 0.15) is 31.1 Å². The fraction of sp³-hybridized carbons (Fsp3) is 0.0625. The van der Waals surface area contributed by atoms with E-state index in [1.807, 2.05) is 146 Å². The molecule has 0 aliphatic heterocycles. The van der Waals surface area contributed by atoms with Crippen molar-refractivity contribution in [2.45, 2.75) is 5.51 Å². The molecule has 3 N–H and O–H groups in total. The number of carbonyl (C=O) groups is 3. The molecular formula is C64H48BrClF3I3N6O13S4. The molecule has 0 fully saturated rings. The minimum atomic E-state index is -6.09. The topological polar surface area (TPSA) is 303 Å². The molecule has 492 valence electrons. The van der Waals surface area contributed by atoms with Gasteiger partial charge in [-0.3, -0.25) is 30.3 Å². The quantitative estimate of drug-likeness (QED) is 0.0537. The normalized spacial score (nSPS) is 10.9. The lowest BCUT2D eigenvalue weighted by atomic mass is 10.2. The highest BCUT2D eigenvalue weighted by molar-refractivity contribution is 7.86. The summed E-state index contributed by atoms with van der Waals surface area (Å²) in [5, 5.41) is 10.4. The second kappa shape index (κ2) is 35.8. The van der Waals surface area contributed by atoms with E-state index in [1.165, 1.54) is 55.4 Å². The van der Waals surface area contributed by atoms with Crippen molar-refractivity contribution in [2.75, 3.05) is 37.3 Å². The molecule has 12 aromatic rings. The number of thiazole rings is 3. The van der Waals surface area contributed by atoms with E-state index in [2.05, 4.69) is 104 Å². The van der Waals surface area contributed by atoms with Crippen LogP contribution in [0.15, 0.2) is 218 Å². The summed E-state index contributed by atoms with van der Waals surface area (Å²) >= 11 is 3.63. The zero-order valence-electron chi connectivity index (χ0n) is 49.1. The van der Waals surface area contributed by atoms with E-state index in [-0.39, 0.29) is 98.3 Å². The summed E-state index contributed by atoms with van der Waals surface area (Å²) in [6.45, 7) is 0. The number of halogens is 8. The smallest absolute Gasteiger partial charge is 0.485 e. The van der Waals surface area contributed by atoms with Crippen LogP contribution in [0.3, 0.4) is 0 Å². The SMILES string of the molecule is COc1ccc2nc(NC(=O)c3ccc([I+]c4ccccc4)cc3)sc2c1.COc1ccc2nc(NC(=O)c3ccc([I+]c4ccccc4)cc3)sc2c1.COc1ccc2nc(NC(=O)c3ccc([I+]c4ccccc4)cc3)sc2c1.O=S(=O)([O-])C(F)(F)F.[Br-].[O-][Cl+3]([O-])([O-])[O-]. The third kappa shape index (κ3) is 24.2. The third-order valence-electron chi connectivity index (χ3n) is 11.9. The van der Waals surface area contributed by atoms with Gasteiger partial charge in [0.25, 0.3) is 17.7 Å². The first kappa shape index (κ1) is 75.3. The Kier molecular flexibility index (Phi) is 28.4. The molecule has 31 heteroatoms. The van der Waals surface area contributed by atoms with E-state index >= 15 is 0 Å². The second-order valence-corrected chi connectivity index (χ2v) is 32.7. The van der Waals surface area contributed by atoms with Crippen molar-refractivity contribution in [1.82, 2.24) is 15.0 Å². The first-order valence-corrected chi connectivity index (χ1v) is 38.3. The van der Waals surface area contributed by atoms with Crippen molar-refractivity contribution in [2.24, 2.45) is 0 Å². The number of carbonyl (C=O) groups excluding carboxylic acids is 3. The number of fused-ring (bicyclic) bond motifs is 3. The van der Waals surface area contributed by atoms with Crippen molar-refractivity contribution in [1.29, 1.82) is 0 Å². The average Bonchev–Trinajstić information content (AvgIpc) is 1.72. The molecule has 0 saturated carbocycles. The minimum absolute atomic E-state index is 0. The Morgan fingerprint density at radius 3 is 0.853 bits per heavy atom. The molecule has 0 bridgehead atoms. The number of hydrogen-bond donors (Lipinski definition) is 3. The van der Waals surface area contributed by atoms with Gasteiger partial charge in [-0.15, -0.1) is 10.2 Å². The maximum atomic E-state index is 12.5. The van der Waals surface area contributed by atoms with Gasteiger partial charge in [-0.25, -0.2) is 42.0 Å². The van der Waals surface area contributed by atoms with Crippen LogP contribution in [0.25, 0.3) is 30.6 Å². The number of aromatic nitrogens is 3. The molecule has 0 aliphatic carbocycles. The van der Waals surface area contributed by atoms with Gasteiger partial charge in [-0.2, -0.15) is 13.2 Å². The van der Waals surface area contributed by atoms with E-state index in [9.17, 15) is 27.6 Å². The standard InChI is InChI=1S/3C21H15IN2O2S.CHF3O3S.BrH.ClHO4/c3*1-26-17-11-12-18-19(13-17)27-21(23-18)24-20(25)14-7-9-16(10-8-14)22-15-5-3-2-4-6-15;2-1(3,4)8(5,6)7;;2-1(3,4)5/h3*2-13H,1H3;(H,5,6,7);1H;(H,2,3,4,5). The van der Waals surface area contributed by atoms with Crippen LogP contribution < -0.4 is 129 Å². The van der Waals surface area contributed by atoms with Gasteiger partial charge in [-0.1, -0.05) is 88.6 Å². The van der Waals surface area contributed by atoms with Crippen LogP contribution in [0.4, 0.5) is 28.6 Å². The number of alkyl halides is 3. The van der Waals surface area contributed by atoms with E-state index in [1.54, 1.807) is 21.3 Å². The van der Waals surface area contributed by atoms with E-state index in [0.717, 1.165) is 47.9 Å². The Morgan fingerprint density at radius 2 is 0.642 bits per heavy atom. The van der Waals surface area contributed by atoms with Gasteiger partial charge in [0.05, 0.1) is 52.0 Å². The van der Waals surface area contributed by atoms with Crippen LogP contribution in [0, 0.1) is 31.7 Å². The molecule has 0 aliphatic rings. The zero-order chi connectivity index (χ0) is 67.4. The van der Waals surface area contributed by atoms with Gasteiger partial charge in [0.15, 0.2) is 46.9 Å². The summed E-state index contributed by atoms with van der Waals surface area (Å²) in [7, 11) is -6.13. The largest absolute Gasteiger partial charge is 1.00 e. The summed E-state index contributed by atoms with van der Waals surface area (Å²) < 4.78 is 119. The van der Waals surface area contributed by atoms with Gasteiger partial charge in [-0.05, 0) is 164 Å². The Balaban J connectivity index is 0.000000183. The fourth-order valence-electron chi connectivity index (χ4n) is 7.57. The molecule has 12 rings (SSSR count). The Hall–Kier alpha value is -7.04. The zero-order valence-corrected chi connectivity index (χ0v) is 61.2. The predicted molar refractivity (Wildman–Crippen MR) is 329 cm³/mol. The Labute approximate surface area is 597 Å². The molecule has 0 spiro atoms. The first-order valence-electron chi connectivity index (χ1n) is 26.7. The number of nitrogens with one attached hydrogen (secondary N) is 3. The molecular weight excluding hydrogens is 1740 g/mol. The molecule has 0 unspecified atom stereocenters. The molecule has 3 aromatic heterocycles. The van der Waals surface area contributed by atoms with E-state index in [4.69, 9.17) is 45.8 Å². The van der Waals surface area contributed by atoms with Crippen LogP contribution >= 0.6 is 34.0 Å². The summed E-state index contributed by atoms with van der Waals surface area (Å²) in [6, 6.07) is 71.9. The molecule has 3 heterocycles. The fourth-order valence-corrected chi connectivity index (χ4v) is 16.9. The lowest BCUT2D eigenvalue weighted by Gasteiger charge is -2.17. The van der Waals surface area contributed by atoms with Crippen LogP contribution in [0.2, 0.25) is 0 Å². The van der Waals surface area contributed by atoms with Gasteiger partial charge < -0.3 is 35.7 Å². The monoisotopic (exact) mass is 1790 g/mol. The summed E-state index contributed by atoms with van der Waals surface area (Å²) in [4.78, 5) is 51.0. The average molecular weight is 1790 g/mol. The molecule has 0 saturated heterocycles. The second-order valence-electron chi connectivity index (χ2n) is 18.4. The predicted octanol–water partition coefficient (Wildman–Crippen LogP) is -2.64.